The summed E-state index contributed by atoms with van der Waals surface area (Å²) in [5.74, 6) is 0.743. The second-order valence-corrected chi connectivity index (χ2v) is 10.1. The Bertz CT molecular complexity index is 954. The zero-order chi connectivity index (χ0) is 23.2. The summed E-state index contributed by atoms with van der Waals surface area (Å²) in [6.45, 7) is 7.83. The Balaban J connectivity index is 2.30. The van der Waals surface area contributed by atoms with E-state index in [1.54, 1.807) is 26.2 Å². The molecular weight excluding hydrogens is 412 g/mol. The van der Waals surface area contributed by atoms with Crippen LogP contribution >= 0.6 is 0 Å². The molecule has 31 heavy (non-hydrogen) atoms. The number of methoxy groups -OCH3 is 1. The van der Waals surface area contributed by atoms with Crippen LogP contribution < -0.4 is 14.4 Å². The van der Waals surface area contributed by atoms with Crippen LogP contribution in [0, 0.1) is 5.92 Å². The molecule has 0 saturated carbocycles. The molecule has 0 heterocycles. The molecule has 7 heteroatoms. The van der Waals surface area contributed by atoms with Gasteiger partial charge in [0, 0.05) is 0 Å². The standard InChI is InChI=1S/C24H34N2O4S/c1-7-19-8-12-21(13-9-19)26(31(6,28)29)18(4)24(27)25-23(16-17(2)3)20-10-14-22(30-5)15-11-20/h8-15,17-18,23H,7,16H2,1-6H3,(H,25,27)/t18-,23-/m1/s1. The number of carbonyl (C=O) groups is 1. The fourth-order valence-electron chi connectivity index (χ4n) is 3.57. The molecule has 0 radical (unpaired) electrons. The van der Waals surface area contributed by atoms with E-state index >= 15 is 0 Å². The first-order valence-electron chi connectivity index (χ1n) is 10.6. The highest BCUT2D eigenvalue weighted by Crippen LogP contribution is 2.26. The maximum Gasteiger partial charge on any atom is 0.244 e. The first-order valence-corrected chi connectivity index (χ1v) is 12.4. The number of hydrogen-bond acceptors (Lipinski definition) is 4. The number of aryl methyl sites for hydroxylation is 1. The van der Waals surface area contributed by atoms with Crippen molar-refractivity contribution in [1.29, 1.82) is 0 Å². The quantitative estimate of drug-likeness (QED) is 0.590. The van der Waals surface area contributed by atoms with Gasteiger partial charge in [0.1, 0.15) is 11.8 Å². The van der Waals surface area contributed by atoms with Gasteiger partial charge in [-0.15, -0.1) is 0 Å². The number of hydrogen-bond donors (Lipinski definition) is 1. The lowest BCUT2D eigenvalue weighted by Gasteiger charge is -2.30. The molecule has 0 aliphatic carbocycles. The second kappa shape index (κ2) is 10.7. The maximum absolute atomic E-state index is 13.2. The first kappa shape index (κ1) is 24.7. The number of carbonyl (C=O) groups excluding carboxylic acids is 1. The molecule has 0 aliphatic rings. The van der Waals surface area contributed by atoms with E-state index in [0.717, 1.165) is 36.0 Å². The van der Waals surface area contributed by atoms with E-state index < -0.39 is 16.1 Å². The SMILES string of the molecule is CCc1ccc(N([C@H](C)C(=O)N[C@H](CC(C)C)c2ccc(OC)cc2)S(C)(=O)=O)cc1. The van der Waals surface area contributed by atoms with Crippen LogP contribution in [0.3, 0.4) is 0 Å². The Labute approximate surface area is 186 Å². The van der Waals surface area contributed by atoms with Gasteiger partial charge in [-0.25, -0.2) is 8.42 Å². The summed E-state index contributed by atoms with van der Waals surface area (Å²) >= 11 is 0. The van der Waals surface area contributed by atoms with Crippen LogP contribution in [-0.2, 0) is 21.2 Å². The van der Waals surface area contributed by atoms with Crippen molar-refractivity contribution >= 4 is 21.6 Å². The number of nitrogens with one attached hydrogen (secondary N) is 1. The van der Waals surface area contributed by atoms with Crippen LogP contribution in [0.2, 0.25) is 0 Å². The number of rotatable bonds is 10. The van der Waals surface area contributed by atoms with Crippen LogP contribution in [0.4, 0.5) is 5.69 Å². The van der Waals surface area contributed by atoms with Crippen molar-refractivity contribution in [3.8, 4) is 5.75 Å². The minimum atomic E-state index is -3.66. The first-order chi connectivity index (χ1) is 14.6. The smallest absolute Gasteiger partial charge is 0.244 e. The minimum absolute atomic E-state index is 0.232. The van der Waals surface area contributed by atoms with Gasteiger partial charge < -0.3 is 10.1 Å². The molecule has 0 fully saturated rings. The lowest BCUT2D eigenvalue weighted by molar-refractivity contribution is -0.122. The van der Waals surface area contributed by atoms with Gasteiger partial charge in [0.25, 0.3) is 0 Å². The number of ether oxygens (including phenoxy) is 1. The van der Waals surface area contributed by atoms with Crippen LogP contribution in [0.25, 0.3) is 0 Å². The third kappa shape index (κ3) is 6.72. The van der Waals surface area contributed by atoms with E-state index in [2.05, 4.69) is 19.2 Å². The van der Waals surface area contributed by atoms with Crippen molar-refractivity contribution in [3.05, 3.63) is 59.7 Å². The number of amides is 1. The highest BCUT2D eigenvalue weighted by Gasteiger charge is 2.30. The van der Waals surface area contributed by atoms with E-state index in [1.165, 1.54) is 4.31 Å². The van der Waals surface area contributed by atoms with Gasteiger partial charge in [0.15, 0.2) is 0 Å². The molecule has 0 aromatic heterocycles. The van der Waals surface area contributed by atoms with Crippen molar-refractivity contribution in [2.24, 2.45) is 5.92 Å². The lowest BCUT2D eigenvalue weighted by Crippen LogP contribution is -2.48. The van der Waals surface area contributed by atoms with Crippen molar-refractivity contribution < 1.29 is 17.9 Å². The largest absolute Gasteiger partial charge is 0.497 e. The fraction of sp³-hybridized carbons (Fsp3) is 0.458. The molecule has 0 spiro atoms. The Hall–Kier alpha value is -2.54. The lowest BCUT2D eigenvalue weighted by atomic mass is 9.96. The Morgan fingerprint density at radius 1 is 1.03 bits per heavy atom. The molecule has 0 bridgehead atoms. The van der Waals surface area contributed by atoms with E-state index in [-0.39, 0.29) is 11.9 Å². The normalized spacial score (nSPS) is 13.5. The van der Waals surface area contributed by atoms with Crippen LogP contribution in [0.5, 0.6) is 5.75 Å². The highest BCUT2D eigenvalue weighted by molar-refractivity contribution is 7.92. The number of anilines is 1. The second-order valence-electron chi connectivity index (χ2n) is 8.22. The zero-order valence-electron chi connectivity index (χ0n) is 19.3. The van der Waals surface area contributed by atoms with E-state index in [0.29, 0.717) is 11.6 Å². The van der Waals surface area contributed by atoms with Gasteiger partial charge >= 0.3 is 0 Å². The van der Waals surface area contributed by atoms with E-state index in [1.807, 2.05) is 43.3 Å². The average molecular weight is 447 g/mol. The third-order valence-corrected chi connectivity index (χ3v) is 6.47. The van der Waals surface area contributed by atoms with Gasteiger partial charge in [0.05, 0.1) is 25.1 Å². The Morgan fingerprint density at radius 3 is 2.06 bits per heavy atom. The molecule has 0 aliphatic heterocycles. The van der Waals surface area contributed by atoms with Crippen LogP contribution in [0.15, 0.2) is 48.5 Å². The summed E-state index contributed by atoms with van der Waals surface area (Å²) in [7, 11) is -2.05. The van der Waals surface area contributed by atoms with Crippen LogP contribution in [0.1, 0.15) is 51.3 Å². The third-order valence-electron chi connectivity index (χ3n) is 5.23. The monoisotopic (exact) mass is 446 g/mol. The molecule has 6 nitrogen and oxygen atoms in total. The highest BCUT2D eigenvalue weighted by atomic mass is 32.2. The van der Waals surface area contributed by atoms with Gasteiger partial charge in [-0.05, 0) is 61.1 Å². The summed E-state index contributed by atoms with van der Waals surface area (Å²) in [4.78, 5) is 13.2. The summed E-state index contributed by atoms with van der Waals surface area (Å²) < 4.78 is 31.5. The molecule has 2 rings (SSSR count). The molecular formula is C24H34N2O4S. The summed E-state index contributed by atoms with van der Waals surface area (Å²) in [5.41, 5.74) is 2.53. The number of sulfonamides is 1. The van der Waals surface area contributed by atoms with Gasteiger partial charge in [-0.3, -0.25) is 9.10 Å². The fourth-order valence-corrected chi connectivity index (χ4v) is 4.74. The predicted molar refractivity (Wildman–Crippen MR) is 126 cm³/mol. The number of benzene rings is 2. The van der Waals surface area contributed by atoms with Crippen molar-refractivity contribution in [1.82, 2.24) is 5.32 Å². The summed E-state index contributed by atoms with van der Waals surface area (Å²) in [6.07, 6.45) is 2.71. The predicted octanol–water partition coefficient (Wildman–Crippen LogP) is 4.32. The number of nitrogens with zero attached hydrogens (tertiary/aromatic N) is 1. The van der Waals surface area contributed by atoms with Crippen molar-refractivity contribution in [3.63, 3.8) is 0 Å². The molecule has 2 aromatic carbocycles. The molecule has 1 amide bonds. The summed E-state index contributed by atoms with van der Waals surface area (Å²) in [5, 5.41) is 3.06. The minimum Gasteiger partial charge on any atom is -0.497 e. The van der Waals surface area contributed by atoms with E-state index in [4.69, 9.17) is 4.74 Å². The molecule has 2 aromatic rings. The van der Waals surface area contributed by atoms with Crippen molar-refractivity contribution in [2.75, 3.05) is 17.7 Å². The van der Waals surface area contributed by atoms with E-state index in [9.17, 15) is 13.2 Å². The molecule has 1 N–H and O–H groups in total. The molecule has 0 unspecified atom stereocenters. The Kier molecular flexibility index (Phi) is 8.51. The average Bonchev–Trinajstić information content (AvgIpc) is 2.72. The Morgan fingerprint density at radius 2 is 1.61 bits per heavy atom. The maximum atomic E-state index is 13.2. The zero-order valence-corrected chi connectivity index (χ0v) is 20.1. The summed E-state index contributed by atoms with van der Waals surface area (Å²) in [6, 6.07) is 13.7. The van der Waals surface area contributed by atoms with Crippen LogP contribution in [-0.4, -0.2) is 33.7 Å². The molecule has 170 valence electrons. The van der Waals surface area contributed by atoms with Gasteiger partial charge in [0.2, 0.25) is 15.9 Å². The molecule has 2 atom stereocenters. The molecule has 0 saturated heterocycles. The topological polar surface area (TPSA) is 75.7 Å². The van der Waals surface area contributed by atoms with Crippen molar-refractivity contribution in [2.45, 2.75) is 52.6 Å². The van der Waals surface area contributed by atoms with Gasteiger partial charge in [-0.2, -0.15) is 0 Å². The van der Waals surface area contributed by atoms with Gasteiger partial charge in [-0.1, -0.05) is 45.0 Å².